The molecule has 1 amide bonds. The van der Waals surface area contributed by atoms with E-state index in [2.05, 4.69) is 11.6 Å². The van der Waals surface area contributed by atoms with Crippen molar-refractivity contribution in [2.45, 2.75) is 20.0 Å². The predicted octanol–water partition coefficient (Wildman–Crippen LogP) is 1.38. The Morgan fingerprint density at radius 1 is 1.44 bits per heavy atom. The molecule has 0 fully saturated rings. The molecule has 18 heavy (non-hydrogen) atoms. The van der Waals surface area contributed by atoms with Gasteiger partial charge in [0.15, 0.2) is 0 Å². The number of rotatable bonds is 7. The lowest BCUT2D eigenvalue weighted by molar-refractivity contribution is -0.112. The molecular weight excluding hydrogens is 232 g/mol. The van der Waals surface area contributed by atoms with Crippen LogP contribution in [0.15, 0.2) is 24.9 Å². The van der Waals surface area contributed by atoms with Gasteiger partial charge in [0.2, 0.25) is 11.8 Å². The van der Waals surface area contributed by atoms with Gasteiger partial charge in [-0.1, -0.05) is 6.58 Å². The first-order chi connectivity index (χ1) is 8.50. The van der Waals surface area contributed by atoms with Gasteiger partial charge in [-0.2, -0.15) is 0 Å². The van der Waals surface area contributed by atoms with Crippen LogP contribution in [0.4, 0.5) is 0 Å². The van der Waals surface area contributed by atoms with Crippen molar-refractivity contribution in [1.29, 1.82) is 0 Å². The molecule has 0 radical (unpaired) electrons. The average molecular weight is 250 g/mol. The van der Waals surface area contributed by atoms with Gasteiger partial charge in [0.1, 0.15) is 6.61 Å². The van der Waals surface area contributed by atoms with E-state index < -0.39 is 5.91 Å². The molecule has 0 aliphatic carbocycles. The fraction of sp³-hybridized carbons (Fsp3) is 0.385. The summed E-state index contributed by atoms with van der Waals surface area (Å²) in [7, 11) is 0. The molecule has 98 valence electrons. The van der Waals surface area contributed by atoms with E-state index in [1.165, 1.54) is 6.20 Å². The molecule has 0 aliphatic heterocycles. The molecule has 1 aromatic heterocycles. The van der Waals surface area contributed by atoms with Crippen molar-refractivity contribution in [3.63, 3.8) is 0 Å². The van der Waals surface area contributed by atoms with Crippen LogP contribution in [0.3, 0.4) is 0 Å². The Bertz CT molecular complexity index is 413. The molecule has 0 saturated heterocycles. The Kier molecular flexibility index (Phi) is 5.32. The Hall–Kier alpha value is -1.88. The molecule has 2 N–H and O–H groups in total. The van der Waals surface area contributed by atoms with Crippen LogP contribution in [0.25, 0.3) is 5.57 Å². The fourth-order valence-corrected chi connectivity index (χ4v) is 1.22. The Morgan fingerprint density at radius 2 is 2.17 bits per heavy atom. The van der Waals surface area contributed by atoms with Crippen LogP contribution in [0.1, 0.15) is 19.4 Å². The third-order valence-corrected chi connectivity index (χ3v) is 2.17. The summed E-state index contributed by atoms with van der Waals surface area (Å²) in [4.78, 5) is 15.0. The monoisotopic (exact) mass is 250 g/mol. The van der Waals surface area contributed by atoms with E-state index in [-0.39, 0.29) is 11.7 Å². The van der Waals surface area contributed by atoms with Gasteiger partial charge in [-0.05, 0) is 19.9 Å². The highest BCUT2D eigenvalue weighted by Gasteiger charge is 2.05. The number of ether oxygens (including phenoxy) is 2. The summed E-state index contributed by atoms with van der Waals surface area (Å²) in [5.41, 5.74) is 5.94. The number of hydrogen-bond donors (Lipinski definition) is 1. The Labute approximate surface area is 107 Å². The van der Waals surface area contributed by atoms with Crippen LogP contribution in [-0.2, 0) is 9.53 Å². The number of hydrogen-bond acceptors (Lipinski definition) is 4. The minimum atomic E-state index is -0.559. The van der Waals surface area contributed by atoms with Crippen molar-refractivity contribution in [1.82, 2.24) is 4.98 Å². The number of aromatic nitrogens is 1. The summed E-state index contributed by atoms with van der Waals surface area (Å²) in [5.74, 6) is -0.0841. The number of pyridine rings is 1. The van der Waals surface area contributed by atoms with Gasteiger partial charge in [-0.25, -0.2) is 4.98 Å². The van der Waals surface area contributed by atoms with Crippen molar-refractivity contribution in [2.75, 3.05) is 13.2 Å². The molecule has 1 aromatic rings. The maximum atomic E-state index is 10.9. The fourth-order valence-electron chi connectivity index (χ4n) is 1.22. The van der Waals surface area contributed by atoms with Gasteiger partial charge in [0.05, 0.1) is 12.7 Å². The van der Waals surface area contributed by atoms with Crippen molar-refractivity contribution in [3.8, 4) is 5.88 Å². The summed E-state index contributed by atoms with van der Waals surface area (Å²) in [6.07, 6.45) is 1.69. The second-order valence-electron chi connectivity index (χ2n) is 4.00. The van der Waals surface area contributed by atoms with E-state index in [1.54, 1.807) is 12.1 Å². The molecule has 5 heteroatoms. The van der Waals surface area contributed by atoms with Crippen LogP contribution in [0, 0.1) is 0 Å². The molecule has 0 atom stereocenters. The van der Waals surface area contributed by atoms with Gasteiger partial charge in [0.25, 0.3) is 0 Å². The average Bonchev–Trinajstić information content (AvgIpc) is 2.34. The summed E-state index contributed by atoms with van der Waals surface area (Å²) < 4.78 is 10.7. The maximum Gasteiger partial charge on any atom is 0.248 e. The highest BCUT2D eigenvalue weighted by Crippen LogP contribution is 2.14. The Balaban J connectivity index is 2.46. The molecule has 0 aromatic carbocycles. The van der Waals surface area contributed by atoms with Crippen LogP contribution in [0.2, 0.25) is 0 Å². The first kappa shape index (κ1) is 14.2. The predicted molar refractivity (Wildman–Crippen MR) is 69.0 cm³/mol. The quantitative estimate of drug-likeness (QED) is 0.586. The summed E-state index contributed by atoms with van der Waals surface area (Å²) in [6, 6.07) is 3.36. The van der Waals surface area contributed by atoms with Crippen LogP contribution < -0.4 is 10.5 Å². The van der Waals surface area contributed by atoms with Crippen molar-refractivity contribution in [2.24, 2.45) is 5.73 Å². The summed E-state index contributed by atoms with van der Waals surface area (Å²) >= 11 is 0. The van der Waals surface area contributed by atoms with E-state index in [0.717, 1.165) is 0 Å². The topological polar surface area (TPSA) is 74.4 Å². The zero-order chi connectivity index (χ0) is 13.5. The Morgan fingerprint density at radius 3 is 2.67 bits per heavy atom. The van der Waals surface area contributed by atoms with E-state index >= 15 is 0 Å². The largest absolute Gasteiger partial charge is 0.475 e. The first-order valence-electron chi connectivity index (χ1n) is 5.70. The van der Waals surface area contributed by atoms with Gasteiger partial charge in [-0.3, -0.25) is 4.79 Å². The molecule has 1 heterocycles. The highest BCUT2D eigenvalue weighted by atomic mass is 16.5. The molecule has 5 nitrogen and oxygen atoms in total. The van der Waals surface area contributed by atoms with Gasteiger partial charge in [-0.15, -0.1) is 0 Å². The minimum absolute atomic E-state index is 0.183. The third-order valence-electron chi connectivity index (χ3n) is 2.17. The van der Waals surface area contributed by atoms with Gasteiger partial charge >= 0.3 is 0 Å². The second-order valence-corrected chi connectivity index (χ2v) is 4.00. The maximum absolute atomic E-state index is 10.9. The number of nitrogens with zero attached hydrogens (tertiary/aromatic N) is 1. The molecule has 0 saturated carbocycles. The lowest BCUT2D eigenvalue weighted by atomic mass is 10.1. The standard InChI is InChI=1S/C13H18N2O3/c1-9(2)17-6-7-18-12-5-4-11(8-15-12)10(3)13(14)16/h4-5,8-9H,3,6-7H2,1-2H3,(H2,14,16). The molecular formula is C13H18N2O3. The van der Waals surface area contributed by atoms with E-state index in [1.807, 2.05) is 13.8 Å². The lowest BCUT2D eigenvalue weighted by Gasteiger charge is -2.09. The van der Waals surface area contributed by atoms with E-state index in [9.17, 15) is 4.79 Å². The second kappa shape index (κ2) is 6.76. The van der Waals surface area contributed by atoms with Crippen molar-refractivity contribution >= 4 is 11.5 Å². The smallest absolute Gasteiger partial charge is 0.248 e. The first-order valence-corrected chi connectivity index (χ1v) is 5.70. The number of nitrogens with two attached hydrogens (primary N) is 1. The van der Waals surface area contributed by atoms with E-state index in [4.69, 9.17) is 15.2 Å². The SMILES string of the molecule is C=C(C(N)=O)c1ccc(OCCOC(C)C)nc1. The zero-order valence-electron chi connectivity index (χ0n) is 10.7. The number of primary amides is 1. The lowest BCUT2D eigenvalue weighted by Crippen LogP contribution is -2.13. The third kappa shape index (κ3) is 4.55. The van der Waals surface area contributed by atoms with Crippen LogP contribution >= 0.6 is 0 Å². The molecule has 0 spiro atoms. The normalized spacial score (nSPS) is 10.4. The molecule has 0 bridgehead atoms. The van der Waals surface area contributed by atoms with Crippen molar-refractivity contribution < 1.29 is 14.3 Å². The molecule has 1 rings (SSSR count). The number of carbonyl (C=O) groups excluding carboxylic acids is 1. The summed E-state index contributed by atoms with van der Waals surface area (Å²) in [6.45, 7) is 8.44. The highest BCUT2D eigenvalue weighted by molar-refractivity contribution is 6.17. The number of amides is 1. The zero-order valence-corrected chi connectivity index (χ0v) is 10.7. The number of carbonyl (C=O) groups is 1. The molecule has 0 unspecified atom stereocenters. The van der Waals surface area contributed by atoms with Crippen molar-refractivity contribution in [3.05, 3.63) is 30.5 Å². The molecule has 0 aliphatic rings. The van der Waals surface area contributed by atoms with Crippen LogP contribution in [0.5, 0.6) is 5.88 Å². The van der Waals surface area contributed by atoms with Gasteiger partial charge < -0.3 is 15.2 Å². The van der Waals surface area contributed by atoms with Gasteiger partial charge in [0, 0.05) is 23.4 Å². The minimum Gasteiger partial charge on any atom is -0.475 e. The summed E-state index contributed by atoms with van der Waals surface area (Å²) in [5, 5.41) is 0. The van der Waals surface area contributed by atoms with Crippen LogP contribution in [-0.4, -0.2) is 30.2 Å². The van der Waals surface area contributed by atoms with E-state index in [0.29, 0.717) is 24.7 Å².